The molecule has 0 bridgehead atoms. The number of anilines is 1. The van der Waals surface area contributed by atoms with Gasteiger partial charge in [-0.05, 0) is 66.1 Å². The molecule has 0 spiro atoms. The molecule has 1 aliphatic carbocycles. The number of hydrazine groups is 1. The van der Waals surface area contributed by atoms with Gasteiger partial charge in [0.25, 0.3) is 0 Å². The van der Waals surface area contributed by atoms with Gasteiger partial charge in [0.2, 0.25) is 0 Å². The van der Waals surface area contributed by atoms with Crippen LogP contribution in [0.5, 0.6) is 0 Å². The second-order valence-electron chi connectivity index (χ2n) is 7.15. The van der Waals surface area contributed by atoms with E-state index in [1.54, 1.807) is 0 Å². The van der Waals surface area contributed by atoms with E-state index in [0.717, 1.165) is 18.7 Å². The topological polar surface area (TPSA) is 29.3 Å². The van der Waals surface area contributed by atoms with Crippen LogP contribution in [0, 0.1) is 20.8 Å². The van der Waals surface area contributed by atoms with Gasteiger partial charge in [-0.25, -0.2) is 5.84 Å². The molecular weight excluding hydrogens is 304 g/mol. The first kappa shape index (κ1) is 15.9. The Morgan fingerprint density at radius 3 is 2.32 bits per heavy atom. The molecule has 1 aliphatic rings. The quantitative estimate of drug-likeness (QED) is 0.420. The van der Waals surface area contributed by atoms with Crippen molar-refractivity contribution >= 4 is 5.69 Å². The zero-order valence-corrected chi connectivity index (χ0v) is 15.1. The van der Waals surface area contributed by atoms with Crippen LogP contribution in [-0.4, -0.2) is 0 Å². The molecule has 2 N–H and O–H groups in total. The van der Waals surface area contributed by atoms with Crippen molar-refractivity contribution in [2.75, 3.05) is 5.01 Å². The van der Waals surface area contributed by atoms with Crippen molar-refractivity contribution in [3.8, 4) is 11.1 Å². The Morgan fingerprint density at radius 1 is 0.880 bits per heavy atom. The largest absolute Gasteiger partial charge is 0.306 e. The maximum Gasteiger partial charge on any atom is 0.0595 e. The summed E-state index contributed by atoms with van der Waals surface area (Å²) < 4.78 is 0. The van der Waals surface area contributed by atoms with Gasteiger partial charge in [0.05, 0.1) is 12.2 Å². The summed E-state index contributed by atoms with van der Waals surface area (Å²) in [6, 6.07) is 19.7. The Balaban J connectivity index is 1.70. The molecule has 0 atom stereocenters. The average Bonchev–Trinajstić information content (AvgIpc) is 2.94. The van der Waals surface area contributed by atoms with E-state index in [-0.39, 0.29) is 0 Å². The molecular formula is C23H24N2. The van der Waals surface area contributed by atoms with Gasteiger partial charge in [-0.1, -0.05) is 60.2 Å². The van der Waals surface area contributed by atoms with Gasteiger partial charge in [-0.2, -0.15) is 0 Å². The minimum atomic E-state index is 0.724. The van der Waals surface area contributed by atoms with Crippen molar-refractivity contribution < 1.29 is 0 Å². The molecule has 0 saturated carbocycles. The zero-order chi connectivity index (χ0) is 17.6. The van der Waals surface area contributed by atoms with Gasteiger partial charge in [-0.3, -0.25) is 0 Å². The van der Waals surface area contributed by atoms with Crippen molar-refractivity contribution in [1.82, 2.24) is 0 Å². The maximum atomic E-state index is 6.51. The molecule has 3 aromatic rings. The molecule has 3 aromatic carbocycles. The standard InChI is InChI=1S/C23H24N2/c1-15-11-16(2)23(17(3)12-15)25(24)14-19-8-6-10-21-20-9-5-4-7-18(20)13-22(19)21/h4-12H,13-14,24H2,1-3H3. The summed E-state index contributed by atoms with van der Waals surface area (Å²) in [5, 5.41) is 1.91. The van der Waals surface area contributed by atoms with Crippen LogP contribution in [0.4, 0.5) is 5.69 Å². The summed E-state index contributed by atoms with van der Waals surface area (Å²) in [6.07, 6.45) is 1.00. The van der Waals surface area contributed by atoms with Crippen LogP contribution in [0.2, 0.25) is 0 Å². The molecule has 126 valence electrons. The third-order valence-electron chi connectivity index (χ3n) is 5.21. The van der Waals surface area contributed by atoms with Crippen LogP contribution in [0.15, 0.2) is 54.6 Å². The number of hydrogen-bond donors (Lipinski definition) is 1. The molecule has 0 radical (unpaired) electrons. The predicted octanol–water partition coefficient (Wildman–Crippen LogP) is 5.06. The van der Waals surface area contributed by atoms with Gasteiger partial charge in [0, 0.05) is 0 Å². The van der Waals surface area contributed by atoms with Gasteiger partial charge >= 0.3 is 0 Å². The van der Waals surface area contributed by atoms with Crippen molar-refractivity contribution in [1.29, 1.82) is 0 Å². The average molecular weight is 328 g/mol. The molecule has 0 aromatic heterocycles. The van der Waals surface area contributed by atoms with Crippen LogP contribution in [0.3, 0.4) is 0 Å². The fourth-order valence-corrected chi connectivity index (χ4v) is 4.26. The van der Waals surface area contributed by atoms with Crippen molar-refractivity contribution in [2.24, 2.45) is 5.84 Å². The van der Waals surface area contributed by atoms with E-state index >= 15 is 0 Å². The third kappa shape index (κ3) is 2.73. The monoisotopic (exact) mass is 328 g/mol. The molecule has 0 aliphatic heterocycles. The highest BCUT2D eigenvalue weighted by atomic mass is 15.4. The van der Waals surface area contributed by atoms with E-state index in [2.05, 4.69) is 75.4 Å². The predicted molar refractivity (Wildman–Crippen MR) is 106 cm³/mol. The smallest absolute Gasteiger partial charge is 0.0595 e. The first-order valence-corrected chi connectivity index (χ1v) is 8.83. The van der Waals surface area contributed by atoms with Gasteiger partial charge < -0.3 is 5.01 Å². The lowest BCUT2D eigenvalue weighted by molar-refractivity contribution is 0.836. The Bertz CT molecular complexity index is 933. The summed E-state index contributed by atoms with van der Waals surface area (Å²) in [7, 11) is 0. The van der Waals surface area contributed by atoms with E-state index in [1.807, 2.05) is 5.01 Å². The number of benzene rings is 3. The SMILES string of the molecule is Cc1cc(C)c(N(N)Cc2cccc3c2Cc2ccccc2-3)c(C)c1. The van der Waals surface area contributed by atoms with Crippen LogP contribution < -0.4 is 10.9 Å². The molecule has 25 heavy (non-hydrogen) atoms. The zero-order valence-electron chi connectivity index (χ0n) is 15.1. The fraction of sp³-hybridized carbons (Fsp3) is 0.217. The molecule has 2 nitrogen and oxygen atoms in total. The summed E-state index contributed by atoms with van der Waals surface area (Å²) in [6.45, 7) is 7.13. The lowest BCUT2D eigenvalue weighted by Gasteiger charge is -2.24. The lowest BCUT2D eigenvalue weighted by Crippen LogP contribution is -2.32. The normalized spacial score (nSPS) is 12.0. The van der Waals surface area contributed by atoms with E-state index in [1.165, 1.54) is 44.5 Å². The molecule has 0 amide bonds. The number of hydrogen-bond acceptors (Lipinski definition) is 2. The van der Waals surface area contributed by atoms with E-state index in [0.29, 0.717) is 0 Å². The highest BCUT2D eigenvalue weighted by molar-refractivity contribution is 5.78. The van der Waals surface area contributed by atoms with Crippen LogP contribution in [0.25, 0.3) is 11.1 Å². The molecule has 0 saturated heterocycles. The van der Waals surface area contributed by atoms with Crippen LogP contribution in [-0.2, 0) is 13.0 Å². The van der Waals surface area contributed by atoms with Crippen molar-refractivity contribution in [3.63, 3.8) is 0 Å². The minimum absolute atomic E-state index is 0.724. The second-order valence-corrected chi connectivity index (χ2v) is 7.15. The first-order valence-electron chi connectivity index (χ1n) is 8.83. The lowest BCUT2D eigenvalue weighted by atomic mass is 10.00. The summed E-state index contributed by atoms with van der Waals surface area (Å²) in [4.78, 5) is 0. The number of rotatable bonds is 3. The van der Waals surface area contributed by atoms with E-state index in [4.69, 9.17) is 5.84 Å². The molecule has 2 heteroatoms. The highest BCUT2D eigenvalue weighted by Crippen LogP contribution is 2.38. The second kappa shape index (κ2) is 6.05. The summed E-state index contributed by atoms with van der Waals surface area (Å²) in [5.41, 5.74) is 11.8. The van der Waals surface area contributed by atoms with Crippen molar-refractivity contribution in [2.45, 2.75) is 33.7 Å². The van der Waals surface area contributed by atoms with Gasteiger partial charge in [0.15, 0.2) is 0 Å². The number of nitrogens with zero attached hydrogens (tertiary/aromatic N) is 1. The van der Waals surface area contributed by atoms with Crippen LogP contribution >= 0.6 is 0 Å². The summed E-state index contributed by atoms with van der Waals surface area (Å²) in [5.74, 6) is 6.51. The van der Waals surface area contributed by atoms with Crippen LogP contribution in [0.1, 0.15) is 33.4 Å². The fourth-order valence-electron chi connectivity index (χ4n) is 4.26. The highest BCUT2D eigenvalue weighted by Gasteiger charge is 2.21. The Labute approximate surface area is 149 Å². The van der Waals surface area contributed by atoms with Gasteiger partial charge in [0.1, 0.15) is 0 Å². The number of nitrogens with two attached hydrogens (primary N) is 1. The molecule has 4 rings (SSSR count). The Morgan fingerprint density at radius 2 is 1.56 bits per heavy atom. The van der Waals surface area contributed by atoms with E-state index < -0.39 is 0 Å². The van der Waals surface area contributed by atoms with Crippen molar-refractivity contribution in [3.05, 3.63) is 88.0 Å². The Kier molecular flexibility index (Phi) is 3.85. The molecule has 0 unspecified atom stereocenters. The Hall–Kier alpha value is -2.58. The third-order valence-corrected chi connectivity index (χ3v) is 5.21. The van der Waals surface area contributed by atoms with E-state index in [9.17, 15) is 0 Å². The minimum Gasteiger partial charge on any atom is -0.306 e. The summed E-state index contributed by atoms with van der Waals surface area (Å²) >= 11 is 0. The number of aryl methyl sites for hydroxylation is 3. The first-order chi connectivity index (χ1) is 12.0. The molecule has 0 heterocycles. The van der Waals surface area contributed by atoms with Gasteiger partial charge in [-0.15, -0.1) is 0 Å². The maximum absolute atomic E-state index is 6.51. The number of fused-ring (bicyclic) bond motifs is 3. The molecule has 0 fully saturated rings.